The number of anilines is 1. The van der Waals surface area contributed by atoms with Crippen LogP contribution in [-0.4, -0.2) is 11.9 Å². The van der Waals surface area contributed by atoms with Crippen LogP contribution in [0.25, 0.3) is 6.08 Å². The van der Waals surface area contributed by atoms with Gasteiger partial charge in [-0.2, -0.15) is 0 Å². The summed E-state index contributed by atoms with van der Waals surface area (Å²) < 4.78 is 0. The van der Waals surface area contributed by atoms with Crippen molar-refractivity contribution in [1.82, 2.24) is 5.32 Å². The van der Waals surface area contributed by atoms with Crippen molar-refractivity contribution in [3.8, 4) is 0 Å². The van der Waals surface area contributed by atoms with Crippen molar-refractivity contribution in [2.24, 2.45) is 0 Å². The fourth-order valence-electron chi connectivity index (χ4n) is 2.12. The lowest BCUT2D eigenvalue weighted by Crippen LogP contribution is -2.30. The predicted molar refractivity (Wildman–Crippen MR) is 86.9 cm³/mol. The van der Waals surface area contributed by atoms with Gasteiger partial charge in [0.2, 0.25) is 0 Å². The van der Waals surface area contributed by atoms with Gasteiger partial charge in [0.1, 0.15) is 5.70 Å². The van der Waals surface area contributed by atoms with Crippen molar-refractivity contribution < 1.29 is 9.59 Å². The summed E-state index contributed by atoms with van der Waals surface area (Å²) in [7, 11) is 0. The zero-order valence-corrected chi connectivity index (χ0v) is 12.7. The molecule has 0 aliphatic carbocycles. The monoisotopic (exact) mass is 332 g/mol. The second kappa shape index (κ2) is 5.83. The Kier molecular flexibility index (Phi) is 3.88. The van der Waals surface area contributed by atoms with Crippen LogP contribution in [0.4, 0.5) is 10.5 Å². The molecule has 0 atom stereocenters. The van der Waals surface area contributed by atoms with E-state index < -0.39 is 11.9 Å². The Bertz CT molecular complexity index is 785. The van der Waals surface area contributed by atoms with E-state index in [9.17, 15) is 9.59 Å². The number of amides is 3. The van der Waals surface area contributed by atoms with Crippen LogP contribution in [0.3, 0.4) is 0 Å². The molecule has 3 rings (SSSR count). The van der Waals surface area contributed by atoms with Crippen LogP contribution in [0.1, 0.15) is 5.56 Å². The van der Waals surface area contributed by atoms with Crippen molar-refractivity contribution in [3.05, 3.63) is 69.8 Å². The van der Waals surface area contributed by atoms with Crippen molar-refractivity contribution in [3.63, 3.8) is 0 Å². The lowest BCUT2D eigenvalue weighted by Gasteiger charge is -2.11. The Labute approximate surface area is 136 Å². The topological polar surface area (TPSA) is 49.4 Å². The summed E-state index contributed by atoms with van der Waals surface area (Å²) in [6, 6.07) is 13.0. The molecule has 2 aromatic carbocycles. The number of nitrogens with zero attached hydrogens (tertiary/aromatic N) is 1. The van der Waals surface area contributed by atoms with Crippen LogP contribution in [0.2, 0.25) is 10.0 Å². The summed E-state index contributed by atoms with van der Waals surface area (Å²) in [4.78, 5) is 25.5. The van der Waals surface area contributed by atoms with Gasteiger partial charge in [0, 0.05) is 10.0 Å². The molecule has 6 heteroatoms. The predicted octanol–water partition coefficient (Wildman–Crippen LogP) is 4.09. The Morgan fingerprint density at radius 3 is 2.36 bits per heavy atom. The number of imide groups is 1. The third-order valence-corrected chi connectivity index (χ3v) is 3.61. The number of urea groups is 1. The highest BCUT2D eigenvalue weighted by Gasteiger charge is 2.34. The molecular formula is C16H10Cl2N2O2. The molecule has 0 saturated carbocycles. The summed E-state index contributed by atoms with van der Waals surface area (Å²) in [6.45, 7) is 0. The molecular weight excluding hydrogens is 323 g/mol. The zero-order valence-electron chi connectivity index (χ0n) is 11.2. The van der Waals surface area contributed by atoms with Gasteiger partial charge in [-0.05, 0) is 48.0 Å². The first-order valence-corrected chi connectivity index (χ1v) is 7.18. The fourth-order valence-corrected chi connectivity index (χ4v) is 2.45. The van der Waals surface area contributed by atoms with E-state index in [1.807, 2.05) is 0 Å². The van der Waals surface area contributed by atoms with Gasteiger partial charge in [-0.3, -0.25) is 4.79 Å². The number of hydrogen-bond donors (Lipinski definition) is 1. The molecule has 1 heterocycles. The third-order valence-electron chi connectivity index (χ3n) is 3.12. The molecule has 22 heavy (non-hydrogen) atoms. The first-order chi connectivity index (χ1) is 10.5. The minimum atomic E-state index is -0.499. The van der Waals surface area contributed by atoms with E-state index in [4.69, 9.17) is 23.2 Å². The molecule has 1 N–H and O–H groups in total. The Hall–Kier alpha value is -2.30. The SMILES string of the molecule is O=C1N/C(=C\c2cccc(Cl)c2)C(=O)N1c1ccc(Cl)cc1. The molecule has 0 unspecified atom stereocenters. The molecule has 0 aromatic heterocycles. The number of halogens is 2. The van der Waals surface area contributed by atoms with Crippen molar-refractivity contribution in [2.45, 2.75) is 0 Å². The summed E-state index contributed by atoms with van der Waals surface area (Å²) in [5, 5.41) is 3.65. The maximum absolute atomic E-state index is 12.4. The number of carbonyl (C=O) groups is 2. The molecule has 2 aromatic rings. The highest BCUT2D eigenvalue weighted by Crippen LogP contribution is 2.24. The van der Waals surface area contributed by atoms with E-state index in [-0.39, 0.29) is 5.70 Å². The molecule has 1 aliphatic heterocycles. The molecule has 0 radical (unpaired) electrons. The van der Waals surface area contributed by atoms with Crippen LogP contribution < -0.4 is 10.2 Å². The van der Waals surface area contributed by atoms with Crippen LogP contribution in [-0.2, 0) is 4.79 Å². The highest BCUT2D eigenvalue weighted by atomic mass is 35.5. The minimum absolute atomic E-state index is 0.196. The molecule has 110 valence electrons. The number of nitrogens with one attached hydrogen (secondary N) is 1. The average Bonchev–Trinajstić information content (AvgIpc) is 2.75. The lowest BCUT2D eigenvalue weighted by atomic mass is 10.2. The summed E-state index contributed by atoms with van der Waals surface area (Å²) >= 11 is 11.7. The number of hydrogen-bond acceptors (Lipinski definition) is 2. The number of carbonyl (C=O) groups excluding carboxylic acids is 2. The largest absolute Gasteiger partial charge is 0.333 e. The van der Waals surface area contributed by atoms with E-state index in [0.29, 0.717) is 15.7 Å². The Morgan fingerprint density at radius 2 is 1.68 bits per heavy atom. The average molecular weight is 333 g/mol. The molecule has 3 amide bonds. The number of benzene rings is 2. The molecule has 1 fully saturated rings. The van der Waals surface area contributed by atoms with Crippen LogP contribution in [0.15, 0.2) is 54.2 Å². The van der Waals surface area contributed by atoms with E-state index in [1.165, 1.54) is 0 Å². The van der Waals surface area contributed by atoms with E-state index in [2.05, 4.69) is 5.32 Å². The minimum Gasteiger partial charge on any atom is -0.302 e. The van der Waals surface area contributed by atoms with E-state index >= 15 is 0 Å². The first kappa shape index (κ1) is 14.6. The van der Waals surface area contributed by atoms with Crippen molar-refractivity contribution in [2.75, 3.05) is 4.90 Å². The Balaban J connectivity index is 1.93. The van der Waals surface area contributed by atoms with Gasteiger partial charge in [-0.1, -0.05) is 35.3 Å². The van der Waals surface area contributed by atoms with Crippen LogP contribution >= 0.6 is 23.2 Å². The van der Waals surface area contributed by atoms with Crippen molar-refractivity contribution in [1.29, 1.82) is 0 Å². The van der Waals surface area contributed by atoms with Gasteiger partial charge in [0.15, 0.2) is 0 Å². The second-order valence-corrected chi connectivity index (χ2v) is 5.53. The molecule has 4 nitrogen and oxygen atoms in total. The van der Waals surface area contributed by atoms with Gasteiger partial charge < -0.3 is 5.32 Å². The zero-order chi connectivity index (χ0) is 15.7. The quantitative estimate of drug-likeness (QED) is 0.665. The van der Waals surface area contributed by atoms with Crippen molar-refractivity contribution >= 4 is 46.9 Å². The molecule has 0 bridgehead atoms. The van der Waals surface area contributed by atoms with Crippen LogP contribution in [0, 0.1) is 0 Å². The smallest absolute Gasteiger partial charge is 0.302 e. The standard InChI is InChI=1S/C16H10Cl2N2O2/c17-11-4-6-13(7-5-11)20-15(21)14(19-16(20)22)9-10-2-1-3-12(18)8-10/h1-9H,(H,19,22)/b14-9-. The maximum atomic E-state index is 12.4. The Morgan fingerprint density at radius 1 is 0.955 bits per heavy atom. The van der Waals surface area contributed by atoms with Gasteiger partial charge in [0.25, 0.3) is 5.91 Å². The number of rotatable bonds is 2. The van der Waals surface area contributed by atoms with E-state index in [1.54, 1.807) is 54.6 Å². The molecule has 1 aliphatic rings. The normalized spacial score (nSPS) is 16.3. The molecule has 1 saturated heterocycles. The molecule has 0 spiro atoms. The van der Waals surface area contributed by atoms with E-state index in [0.717, 1.165) is 10.5 Å². The summed E-state index contributed by atoms with van der Waals surface area (Å²) in [6.07, 6.45) is 1.59. The van der Waals surface area contributed by atoms with Gasteiger partial charge >= 0.3 is 6.03 Å². The van der Waals surface area contributed by atoms with Crippen LogP contribution in [0.5, 0.6) is 0 Å². The van der Waals surface area contributed by atoms with Gasteiger partial charge in [-0.15, -0.1) is 0 Å². The van der Waals surface area contributed by atoms with Gasteiger partial charge in [0.05, 0.1) is 5.69 Å². The first-order valence-electron chi connectivity index (χ1n) is 6.43. The highest BCUT2D eigenvalue weighted by molar-refractivity contribution is 6.31. The third kappa shape index (κ3) is 2.84. The summed E-state index contributed by atoms with van der Waals surface area (Å²) in [5.41, 5.74) is 1.39. The lowest BCUT2D eigenvalue weighted by molar-refractivity contribution is -0.113. The fraction of sp³-hybridized carbons (Fsp3) is 0. The maximum Gasteiger partial charge on any atom is 0.333 e. The summed E-state index contributed by atoms with van der Waals surface area (Å²) in [5.74, 6) is -0.424. The van der Waals surface area contributed by atoms with Gasteiger partial charge in [-0.25, -0.2) is 9.69 Å². The second-order valence-electron chi connectivity index (χ2n) is 4.66.